The zero-order chi connectivity index (χ0) is 17.3. The number of rotatable bonds is 3. The van der Waals surface area contributed by atoms with Gasteiger partial charge >= 0.3 is 0 Å². The van der Waals surface area contributed by atoms with E-state index in [0.717, 1.165) is 12.1 Å². The van der Waals surface area contributed by atoms with E-state index < -0.39 is 20.9 Å². The molecule has 0 spiro atoms. The summed E-state index contributed by atoms with van der Waals surface area (Å²) in [5, 5.41) is 8.16. The fourth-order valence-electron chi connectivity index (χ4n) is 2.52. The van der Waals surface area contributed by atoms with Crippen LogP contribution in [0.1, 0.15) is 15.9 Å². The van der Waals surface area contributed by atoms with Gasteiger partial charge in [-0.2, -0.15) is 5.26 Å². The van der Waals surface area contributed by atoms with Gasteiger partial charge in [-0.15, -0.1) is 0 Å². The van der Waals surface area contributed by atoms with Crippen LogP contribution in [0.25, 0.3) is 0 Å². The molecule has 122 valence electrons. The molecule has 2 aromatic rings. The highest BCUT2D eigenvalue weighted by Gasteiger charge is 2.40. The van der Waals surface area contributed by atoms with E-state index in [1.807, 2.05) is 6.07 Å². The van der Waals surface area contributed by atoms with Crippen molar-refractivity contribution in [3.8, 4) is 6.07 Å². The Morgan fingerprint density at radius 3 is 2.46 bits per heavy atom. The lowest BCUT2D eigenvalue weighted by Crippen LogP contribution is -2.56. The van der Waals surface area contributed by atoms with Crippen molar-refractivity contribution in [3.63, 3.8) is 0 Å². The van der Waals surface area contributed by atoms with Gasteiger partial charge in [0.15, 0.2) is 9.84 Å². The molecule has 24 heavy (non-hydrogen) atoms. The summed E-state index contributed by atoms with van der Waals surface area (Å²) in [7, 11) is -3.59. The molecule has 1 aliphatic rings. The van der Waals surface area contributed by atoms with Gasteiger partial charge in [-0.1, -0.05) is 6.07 Å². The van der Waals surface area contributed by atoms with Crippen LogP contribution in [0.3, 0.4) is 0 Å². The maximum Gasteiger partial charge on any atom is 0.253 e. The van der Waals surface area contributed by atoms with Crippen LogP contribution in [0, 0.1) is 17.1 Å². The molecule has 1 aliphatic heterocycles. The molecule has 1 heterocycles. The molecule has 1 fully saturated rings. The standard InChI is InChI=1S/C17H13FN2O3S/c18-14-4-6-15(7-5-14)24(22,23)16-10-20(11-16)17(21)13-3-1-2-12(8-13)9-19/h1-8,16H,10-11H2. The highest BCUT2D eigenvalue weighted by Crippen LogP contribution is 2.25. The average Bonchev–Trinajstić information content (AvgIpc) is 2.53. The molecule has 0 saturated carbocycles. The summed E-state index contributed by atoms with van der Waals surface area (Å²) in [5.41, 5.74) is 0.725. The summed E-state index contributed by atoms with van der Waals surface area (Å²) in [6.45, 7) is 0.157. The van der Waals surface area contributed by atoms with Crippen molar-refractivity contribution < 1.29 is 17.6 Å². The first-order valence-corrected chi connectivity index (χ1v) is 8.75. The zero-order valence-electron chi connectivity index (χ0n) is 12.5. The molecule has 1 amide bonds. The summed E-state index contributed by atoms with van der Waals surface area (Å²) in [4.78, 5) is 13.8. The van der Waals surface area contributed by atoms with E-state index in [9.17, 15) is 17.6 Å². The van der Waals surface area contributed by atoms with Crippen LogP contribution in [0.2, 0.25) is 0 Å². The van der Waals surface area contributed by atoms with Gasteiger partial charge in [-0.25, -0.2) is 12.8 Å². The summed E-state index contributed by atoms with van der Waals surface area (Å²) in [6, 6.07) is 12.9. The number of amides is 1. The number of sulfone groups is 1. The van der Waals surface area contributed by atoms with Gasteiger partial charge in [-0.3, -0.25) is 4.79 Å². The van der Waals surface area contributed by atoms with E-state index >= 15 is 0 Å². The van der Waals surface area contributed by atoms with Crippen molar-refractivity contribution in [2.24, 2.45) is 0 Å². The molecule has 3 rings (SSSR count). The van der Waals surface area contributed by atoms with Gasteiger partial charge < -0.3 is 4.90 Å². The number of carbonyl (C=O) groups excluding carboxylic acids is 1. The van der Waals surface area contributed by atoms with Crippen LogP contribution in [0.15, 0.2) is 53.4 Å². The molecule has 0 aromatic heterocycles. The second-order valence-electron chi connectivity index (χ2n) is 5.52. The Labute approximate surface area is 138 Å². The van der Waals surface area contributed by atoms with Crippen molar-refractivity contribution >= 4 is 15.7 Å². The van der Waals surface area contributed by atoms with Crippen LogP contribution >= 0.6 is 0 Å². The smallest absolute Gasteiger partial charge is 0.253 e. The van der Waals surface area contributed by atoms with Gasteiger partial charge in [-0.05, 0) is 42.5 Å². The zero-order valence-corrected chi connectivity index (χ0v) is 13.3. The van der Waals surface area contributed by atoms with Gasteiger partial charge in [0.1, 0.15) is 11.1 Å². The first kappa shape index (κ1) is 16.1. The summed E-state index contributed by atoms with van der Waals surface area (Å²) in [5.74, 6) is -0.811. The first-order chi connectivity index (χ1) is 11.4. The SMILES string of the molecule is N#Cc1cccc(C(=O)N2CC(S(=O)(=O)c3ccc(F)cc3)C2)c1. The molecule has 5 nitrogen and oxygen atoms in total. The van der Waals surface area contributed by atoms with Crippen LogP contribution in [-0.4, -0.2) is 37.6 Å². The van der Waals surface area contributed by atoms with E-state index in [0.29, 0.717) is 11.1 Å². The second kappa shape index (κ2) is 6.06. The minimum atomic E-state index is -3.59. The summed E-state index contributed by atoms with van der Waals surface area (Å²) >= 11 is 0. The monoisotopic (exact) mass is 344 g/mol. The Hall–Kier alpha value is -2.72. The maximum absolute atomic E-state index is 12.9. The van der Waals surface area contributed by atoms with Gasteiger partial charge in [0.2, 0.25) is 0 Å². The normalized spacial score (nSPS) is 14.8. The molecule has 7 heteroatoms. The predicted molar refractivity (Wildman–Crippen MR) is 84.4 cm³/mol. The molecule has 2 aromatic carbocycles. The van der Waals surface area contributed by atoms with Crippen molar-refractivity contribution in [1.82, 2.24) is 4.90 Å². The lowest BCUT2D eigenvalue weighted by molar-refractivity contribution is 0.0659. The average molecular weight is 344 g/mol. The molecule has 0 atom stereocenters. The molecular weight excluding hydrogens is 331 g/mol. The van der Waals surface area contributed by atoms with E-state index in [2.05, 4.69) is 0 Å². The second-order valence-corrected chi connectivity index (χ2v) is 7.75. The molecule has 0 aliphatic carbocycles. The number of carbonyl (C=O) groups is 1. The van der Waals surface area contributed by atoms with Crippen molar-refractivity contribution in [2.45, 2.75) is 10.1 Å². The Balaban J connectivity index is 1.71. The van der Waals surface area contributed by atoms with Crippen LogP contribution in [0.5, 0.6) is 0 Å². The molecule has 0 N–H and O–H groups in total. The highest BCUT2D eigenvalue weighted by atomic mass is 32.2. The topological polar surface area (TPSA) is 78.2 Å². The van der Waals surface area contributed by atoms with Crippen LogP contribution in [0.4, 0.5) is 4.39 Å². The Morgan fingerprint density at radius 1 is 1.17 bits per heavy atom. The van der Waals surface area contributed by atoms with E-state index in [1.54, 1.807) is 18.2 Å². The summed E-state index contributed by atoms with van der Waals surface area (Å²) < 4.78 is 37.8. The minimum absolute atomic E-state index is 0.0486. The van der Waals surface area contributed by atoms with E-state index in [4.69, 9.17) is 5.26 Å². The van der Waals surface area contributed by atoms with Gasteiger partial charge in [0.25, 0.3) is 5.91 Å². The third-order valence-corrected chi connectivity index (χ3v) is 6.06. The lowest BCUT2D eigenvalue weighted by Gasteiger charge is -2.38. The number of hydrogen-bond donors (Lipinski definition) is 0. The maximum atomic E-state index is 12.9. The first-order valence-electron chi connectivity index (χ1n) is 7.21. The number of likely N-dealkylation sites (tertiary alicyclic amines) is 1. The molecular formula is C17H13FN2O3S. The Kier molecular flexibility index (Phi) is 4.08. The third-order valence-electron chi connectivity index (χ3n) is 3.95. The number of nitriles is 1. The fourth-order valence-corrected chi connectivity index (χ4v) is 4.17. The Bertz CT molecular complexity index is 927. The number of hydrogen-bond acceptors (Lipinski definition) is 4. The lowest BCUT2D eigenvalue weighted by atomic mass is 10.1. The third kappa shape index (κ3) is 2.88. The number of nitrogens with zero attached hydrogens (tertiary/aromatic N) is 2. The van der Waals surface area contributed by atoms with Gasteiger partial charge in [0.05, 0.1) is 16.5 Å². The fraction of sp³-hybridized carbons (Fsp3) is 0.176. The molecule has 1 saturated heterocycles. The minimum Gasteiger partial charge on any atom is -0.336 e. The molecule has 0 unspecified atom stereocenters. The number of halogens is 1. The highest BCUT2D eigenvalue weighted by molar-refractivity contribution is 7.92. The quantitative estimate of drug-likeness (QED) is 0.798. The molecule has 0 radical (unpaired) electrons. The van der Waals surface area contributed by atoms with Crippen molar-refractivity contribution in [1.29, 1.82) is 5.26 Å². The largest absolute Gasteiger partial charge is 0.336 e. The van der Waals surface area contributed by atoms with Crippen molar-refractivity contribution in [3.05, 3.63) is 65.5 Å². The van der Waals surface area contributed by atoms with E-state index in [1.165, 1.54) is 23.1 Å². The van der Waals surface area contributed by atoms with Crippen LogP contribution in [-0.2, 0) is 9.84 Å². The predicted octanol–water partition coefficient (Wildman–Crippen LogP) is 2.00. The van der Waals surface area contributed by atoms with Crippen molar-refractivity contribution in [2.75, 3.05) is 13.1 Å². The molecule has 0 bridgehead atoms. The summed E-state index contributed by atoms with van der Waals surface area (Å²) in [6.07, 6.45) is 0. The van der Waals surface area contributed by atoms with Crippen LogP contribution < -0.4 is 0 Å². The Morgan fingerprint density at radius 2 is 1.83 bits per heavy atom. The van der Waals surface area contributed by atoms with Gasteiger partial charge in [0, 0.05) is 18.7 Å². The van der Waals surface area contributed by atoms with E-state index in [-0.39, 0.29) is 23.9 Å². The number of benzene rings is 2.